The molecule has 4 aromatic rings. The fourth-order valence-electron chi connectivity index (χ4n) is 5.11. The van der Waals surface area contributed by atoms with Crippen molar-refractivity contribution in [1.82, 2.24) is 9.55 Å². The van der Waals surface area contributed by atoms with E-state index in [-0.39, 0.29) is 11.8 Å². The van der Waals surface area contributed by atoms with Crippen molar-refractivity contribution in [3.8, 4) is 5.75 Å². The van der Waals surface area contributed by atoms with Gasteiger partial charge in [0.05, 0.1) is 17.6 Å². The summed E-state index contributed by atoms with van der Waals surface area (Å²) in [6.45, 7) is 8.14. The smallest absolute Gasteiger partial charge is 0.227 e. The number of para-hydroxylation sites is 3. The van der Waals surface area contributed by atoms with Gasteiger partial charge in [0.25, 0.3) is 0 Å². The number of benzene rings is 3. The minimum absolute atomic E-state index is 0.0433. The van der Waals surface area contributed by atoms with E-state index >= 15 is 0 Å². The highest BCUT2D eigenvalue weighted by atomic mass is 16.5. The van der Waals surface area contributed by atoms with Crippen LogP contribution in [0.5, 0.6) is 5.75 Å². The highest BCUT2D eigenvalue weighted by Crippen LogP contribution is 2.36. The number of hydrogen-bond donors (Lipinski definition) is 0. The van der Waals surface area contributed by atoms with Crippen molar-refractivity contribution in [2.75, 3.05) is 18.1 Å². The second-order valence-corrected chi connectivity index (χ2v) is 8.92. The van der Waals surface area contributed by atoms with Gasteiger partial charge in [-0.15, -0.1) is 0 Å². The molecule has 1 aliphatic heterocycles. The summed E-state index contributed by atoms with van der Waals surface area (Å²) >= 11 is 0. The van der Waals surface area contributed by atoms with Gasteiger partial charge in [-0.3, -0.25) is 4.79 Å². The second-order valence-electron chi connectivity index (χ2n) is 8.92. The zero-order valence-electron chi connectivity index (χ0n) is 19.4. The van der Waals surface area contributed by atoms with Crippen LogP contribution in [0, 0.1) is 20.8 Å². The van der Waals surface area contributed by atoms with E-state index in [1.807, 2.05) is 53.4 Å². The largest absolute Gasteiger partial charge is 0.492 e. The van der Waals surface area contributed by atoms with E-state index in [1.165, 1.54) is 5.56 Å². The minimum Gasteiger partial charge on any atom is -0.492 e. The number of fused-ring (bicyclic) bond motifs is 1. The van der Waals surface area contributed by atoms with Crippen LogP contribution in [0.4, 0.5) is 5.69 Å². The molecule has 0 saturated carbocycles. The lowest BCUT2D eigenvalue weighted by atomic mass is 10.0. The molecule has 1 saturated heterocycles. The topological polar surface area (TPSA) is 47.4 Å². The Hall–Kier alpha value is -3.60. The highest BCUT2D eigenvalue weighted by Gasteiger charge is 2.36. The Bertz CT molecular complexity index is 1290. The number of imidazole rings is 1. The molecule has 33 heavy (non-hydrogen) atoms. The molecule has 168 valence electrons. The Morgan fingerprint density at radius 2 is 1.67 bits per heavy atom. The Morgan fingerprint density at radius 1 is 0.970 bits per heavy atom. The van der Waals surface area contributed by atoms with Gasteiger partial charge in [0.1, 0.15) is 18.2 Å². The molecule has 5 nitrogen and oxygen atoms in total. The van der Waals surface area contributed by atoms with Gasteiger partial charge in [-0.05, 0) is 56.2 Å². The van der Waals surface area contributed by atoms with E-state index in [0.717, 1.165) is 39.4 Å². The summed E-state index contributed by atoms with van der Waals surface area (Å²) in [4.78, 5) is 20.1. The summed E-state index contributed by atoms with van der Waals surface area (Å²) in [7, 11) is 0. The number of carbonyl (C=O) groups excluding carboxylic acids is 1. The monoisotopic (exact) mass is 439 g/mol. The number of ether oxygens (including phenoxy) is 1. The normalized spacial score (nSPS) is 16.0. The summed E-state index contributed by atoms with van der Waals surface area (Å²) in [6.07, 6.45) is 0.468. The second kappa shape index (κ2) is 8.74. The summed E-state index contributed by atoms with van der Waals surface area (Å²) in [5.74, 6) is 2.03. The van der Waals surface area contributed by atoms with E-state index in [2.05, 4.69) is 43.5 Å². The molecule has 3 aromatic carbocycles. The summed E-state index contributed by atoms with van der Waals surface area (Å²) in [5, 5.41) is 0. The number of carbonyl (C=O) groups is 1. The van der Waals surface area contributed by atoms with E-state index < -0.39 is 0 Å². The molecule has 5 rings (SSSR count). The first-order valence-corrected chi connectivity index (χ1v) is 11.5. The molecule has 1 amide bonds. The lowest BCUT2D eigenvalue weighted by Gasteiger charge is -2.22. The molecule has 1 aromatic heterocycles. The van der Waals surface area contributed by atoms with Crippen LogP contribution in [0.15, 0.2) is 66.7 Å². The van der Waals surface area contributed by atoms with E-state index in [4.69, 9.17) is 9.72 Å². The first-order chi connectivity index (χ1) is 16.0. The fraction of sp³-hybridized carbons (Fsp3) is 0.286. The number of amides is 1. The van der Waals surface area contributed by atoms with Crippen LogP contribution >= 0.6 is 0 Å². The number of hydrogen-bond acceptors (Lipinski definition) is 3. The molecule has 0 aliphatic carbocycles. The number of aryl methyl sites for hydroxylation is 3. The molecular weight excluding hydrogens is 410 g/mol. The lowest BCUT2D eigenvalue weighted by molar-refractivity contribution is -0.117. The minimum atomic E-state index is 0.0433. The fourth-order valence-corrected chi connectivity index (χ4v) is 5.11. The summed E-state index contributed by atoms with van der Waals surface area (Å²) in [5.41, 5.74) is 6.59. The van der Waals surface area contributed by atoms with Crippen LogP contribution in [0.2, 0.25) is 0 Å². The number of aromatic nitrogens is 2. The average Bonchev–Trinajstić information content (AvgIpc) is 3.35. The number of rotatable bonds is 6. The third-order valence-electron chi connectivity index (χ3n) is 6.41. The van der Waals surface area contributed by atoms with Gasteiger partial charge in [-0.1, -0.05) is 48.0 Å². The molecule has 0 unspecified atom stereocenters. The summed E-state index contributed by atoms with van der Waals surface area (Å²) in [6, 6.07) is 22.3. The van der Waals surface area contributed by atoms with Crippen molar-refractivity contribution in [2.45, 2.75) is 39.7 Å². The Kier molecular flexibility index (Phi) is 5.63. The molecule has 0 N–H and O–H groups in total. The lowest BCUT2D eigenvalue weighted by Crippen LogP contribution is -2.26. The Labute approximate surface area is 194 Å². The maximum absolute atomic E-state index is 13.1. The van der Waals surface area contributed by atoms with Crippen LogP contribution in [-0.2, 0) is 11.3 Å². The number of anilines is 1. The van der Waals surface area contributed by atoms with Crippen LogP contribution in [0.1, 0.15) is 34.9 Å². The zero-order chi connectivity index (χ0) is 22.9. The predicted octanol–water partition coefficient (Wildman–Crippen LogP) is 5.56. The van der Waals surface area contributed by atoms with Gasteiger partial charge >= 0.3 is 0 Å². The predicted molar refractivity (Wildman–Crippen MR) is 132 cm³/mol. The molecule has 0 radical (unpaired) electrons. The molecular formula is C28H29N3O2. The van der Waals surface area contributed by atoms with Crippen molar-refractivity contribution in [3.05, 3.63) is 89.2 Å². The van der Waals surface area contributed by atoms with Gasteiger partial charge in [0.15, 0.2) is 0 Å². The van der Waals surface area contributed by atoms with Crippen LogP contribution in [0.25, 0.3) is 11.0 Å². The molecule has 1 atom stereocenters. The van der Waals surface area contributed by atoms with E-state index in [0.29, 0.717) is 26.1 Å². The number of nitrogens with zero attached hydrogens (tertiary/aromatic N) is 3. The summed E-state index contributed by atoms with van der Waals surface area (Å²) < 4.78 is 8.20. The standard InChI is InChI=1S/C28H29N3O2/c1-19-15-20(2)27(21(3)16-19)31-18-22(17-26(31)32)28-29-24-11-7-8-12-25(24)30(28)13-14-33-23-9-5-4-6-10-23/h4-12,15-16,22H,13-14,17-18H2,1-3H3/t22-/m0/s1. The van der Waals surface area contributed by atoms with E-state index in [9.17, 15) is 4.79 Å². The third kappa shape index (κ3) is 4.11. The van der Waals surface area contributed by atoms with Crippen LogP contribution in [0.3, 0.4) is 0 Å². The van der Waals surface area contributed by atoms with Crippen LogP contribution in [-0.4, -0.2) is 28.6 Å². The quantitative estimate of drug-likeness (QED) is 0.395. The van der Waals surface area contributed by atoms with Crippen molar-refractivity contribution in [1.29, 1.82) is 0 Å². The molecule has 1 fully saturated rings. The molecule has 2 heterocycles. The van der Waals surface area contributed by atoms with Gasteiger partial charge in [0, 0.05) is 24.6 Å². The van der Waals surface area contributed by atoms with Gasteiger partial charge in [-0.25, -0.2) is 4.98 Å². The van der Waals surface area contributed by atoms with Crippen molar-refractivity contribution in [2.24, 2.45) is 0 Å². The zero-order valence-corrected chi connectivity index (χ0v) is 19.4. The Morgan fingerprint density at radius 3 is 2.42 bits per heavy atom. The molecule has 0 spiro atoms. The SMILES string of the molecule is Cc1cc(C)c(N2C[C@@H](c3nc4ccccc4n3CCOc3ccccc3)CC2=O)c(C)c1. The molecule has 1 aliphatic rings. The molecule has 0 bridgehead atoms. The van der Waals surface area contributed by atoms with Crippen molar-refractivity contribution < 1.29 is 9.53 Å². The average molecular weight is 440 g/mol. The van der Waals surface area contributed by atoms with Gasteiger partial charge in [-0.2, -0.15) is 0 Å². The first-order valence-electron chi connectivity index (χ1n) is 11.5. The maximum Gasteiger partial charge on any atom is 0.227 e. The van der Waals surface area contributed by atoms with Gasteiger partial charge < -0.3 is 14.2 Å². The molecule has 5 heteroatoms. The first kappa shape index (κ1) is 21.3. The van der Waals surface area contributed by atoms with E-state index in [1.54, 1.807) is 0 Å². The van der Waals surface area contributed by atoms with Crippen LogP contribution < -0.4 is 9.64 Å². The maximum atomic E-state index is 13.1. The third-order valence-corrected chi connectivity index (χ3v) is 6.41. The van der Waals surface area contributed by atoms with Crippen molar-refractivity contribution >= 4 is 22.6 Å². The van der Waals surface area contributed by atoms with Crippen molar-refractivity contribution in [3.63, 3.8) is 0 Å². The van der Waals surface area contributed by atoms with Gasteiger partial charge in [0.2, 0.25) is 5.91 Å². The highest BCUT2D eigenvalue weighted by molar-refractivity contribution is 5.98. The Balaban J connectivity index is 1.44.